The van der Waals surface area contributed by atoms with Crippen molar-refractivity contribution in [3.8, 4) is 11.5 Å². The standard InChI is InChI=1S/C15H14O3S/c1-9-7-10(2)19-15(9)14(16)11-3-4-12-13(8-11)18-6-5-17-12/h3-4,7-8H,5-6H2,1-2H3. The Kier molecular flexibility index (Phi) is 3.03. The monoisotopic (exact) mass is 274 g/mol. The van der Waals surface area contributed by atoms with E-state index < -0.39 is 0 Å². The van der Waals surface area contributed by atoms with Crippen LogP contribution in [0.15, 0.2) is 24.3 Å². The van der Waals surface area contributed by atoms with Crippen molar-refractivity contribution < 1.29 is 14.3 Å². The predicted molar refractivity (Wildman–Crippen MR) is 74.7 cm³/mol. The summed E-state index contributed by atoms with van der Waals surface area (Å²) >= 11 is 1.53. The zero-order chi connectivity index (χ0) is 13.4. The molecule has 0 aliphatic carbocycles. The van der Waals surface area contributed by atoms with Gasteiger partial charge in [-0.2, -0.15) is 0 Å². The summed E-state index contributed by atoms with van der Waals surface area (Å²) in [4.78, 5) is 14.4. The zero-order valence-corrected chi connectivity index (χ0v) is 11.7. The molecule has 1 aromatic heterocycles. The van der Waals surface area contributed by atoms with Gasteiger partial charge in [-0.15, -0.1) is 11.3 Å². The van der Waals surface area contributed by atoms with Gasteiger partial charge in [-0.25, -0.2) is 0 Å². The van der Waals surface area contributed by atoms with Crippen LogP contribution in [0.1, 0.15) is 25.7 Å². The Morgan fingerprint density at radius 1 is 1.11 bits per heavy atom. The van der Waals surface area contributed by atoms with Crippen LogP contribution in [0.3, 0.4) is 0 Å². The molecule has 2 aromatic rings. The number of ether oxygens (including phenoxy) is 2. The molecule has 2 heterocycles. The van der Waals surface area contributed by atoms with Gasteiger partial charge in [0.2, 0.25) is 5.78 Å². The van der Waals surface area contributed by atoms with E-state index in [9.17, 15) is 4.79 Å². The summed E-state index contributed by atoms with van der Waals surface area (Å²) in [5.41, 5.74) is 1.68. The first kappa shape index (κ1) is 12.2. The molecule has 0 unspecified atom stereocenters. The van der Waals surface area contributed by atoms with Crippen LogP contribution in [0.5, 0.6) is 11.5 Å². The Bertz CT molecular complexity index is 643. The van der Waals surface area contributed by atoms with Crippen molar-refractivity contribution in [1.29, 1.82) is 0 Å². The normalized spacial score (nSPS) is 13.4. The molecule has 0 saturated carbocycles. The van der Waals surface area contributed by atoms with Gasteiger partial charge in [0, 0.05) is 10.4 Å². The predicted octanol–water partition coefficient (Wildman–Crippen LogP) is 3.37. The minimum Gasteiger partial charge on any atom is -0.486 e. The minimum atomic E-state index is 0.0487. The van der Waals surface area contributed by atoms with E-state index in [1.165, 1.54) is 11.3 Å². The van der Waals surface area contributed by atoms with E-state index in [-0.39, 0.29) is 5.78 Å². The van der Waals surface area contributed by atoms with Crippen LogP contribution in [-0.4, -0.2) is 19.0 Å². The molecule has 98 valence electrons. The summed E-state index contributed by atoms with van der Waals surface area (Å²) in [6.07, 6.45) is 0. The van der Waals surface area contributed by atoms with Crippen molar-refractivity contribution >= 4 is 17.1 Å². The van der Waals surface area contributed by atoms with Gasteiger partial charge in [0.25, 0.3) is 0 Å². The summed E-state index contributed by atoms with van der Waals surface area (Å²) in [5, 5.41) is 0. The smallest absolute Gasteiger partial charge is 0.203 e. The van der Waals surface area contributed by atoms with Gasteiger partial charge in [-0.05, 0) is 43.7 Å². The second-order valence-electron chi connectivity index (χ2n) is 4.56. The Labute approximate surface area is 115 Å². The summed E-state index contributed by atoms with van der Waals surface area (Å²) < 4.78 is 11.0. The Hall–Kier alpha value is -1.81. The molecule has 0 saturated heterocycles. The number of carbonyl (C=O) groups excluding carboxylic acids is 1. The molecule has 0 bridgehead atoms. The number of ketones is 1. The van der Waals surface area contributed by atoms with Crippen LogP contribution in [0.2, 0.25) is 0 Å². The average Bonchev–Trinajstić information content (AvgIpc) is 2.76. The summed E-state index contributed by atoms with van der Waals surface area (Å²) in [6.45, 7) is 5.07. The topological polar surface area (TPSA) is 35.5 Å². The molecule has 0 amide bonds. The minimum absolute atomic E-state index is 0.0487. The maximum absolute atomic E-state index is 12.5. The van der Waals surface area contributed by atoms with E-state index in [0.717, 1.165) is 15.3 Å². The molecule has 4 heteroatoms. The fourth-order valence-corrected chi connectivity index (χ4v) is 3.17. The highest BCUT2D eigenvalue weighted by molar-refractivity contribution is 7.14. The van der Waals surface area contributed by atoms with Crippen LogP contribution in [0, 0.1) is 13.8 Å². The van der Waals surface area contributed by atoms with Gasteiger partial charge in [0.15, 0.2) is 11.5 Å². The largest absolute Gasteiger partial charge is 0.486 e. The highest BCUT2D eigenvalue weighted by Crippen LogP contribution is 2.32. The van der Waals surface area contributed by atoms with E-state index >= 15 is 0 Å². The fourth-order valence-electron chi connectivity index (χ4n) is 2.18. The van der Waals surface area contributed by atoms with Crippen LogP contribution >= 0.6 is 11.3 Å². The molecule has 0 fully saturated rings. The van der Waals surface area contributed by atoms with Crippen molar-refractivity contribution in [2.45, 2.75) is 13.8 Å². The molecule has 3 nitrogen and oxygen atoms in total. The van der Waals surface area contributed by atoms with E-state index in [2.05, 4.69) is 0 Å². The van der Waals surface area contributed by atoms with Crippen molar-refractivity contribution in [3.05, 3.63) is 45.1 Å². The number of fused-ring (bicyclic) bond motifs is 1. The maximum Gasteiger partial charge on any atom is 0.203 e. The third-order valence-corrected chi connectivity index (χ3v) is 4.20. The van der Waals surface area contributed by atoms with Gasteiger partial charge in [-0.3, -0.25) is 4.79 Å². The van der Waals surface area contributed by atoms with E-state index in [1.807, 2.05) is 19.9 Å². The van der Waals surface area contributed by atoms with Crippen LogP contribution < -0.4 is 9.47 Å². The molecule has 1 aliphatic heterocycles. The molecule has 19 heavy (non-hydrogen) atoms. The van der Waals surface area contributed by atoms with Crippen molar-refractivity contribution in [2.24, 2.45) is 0 Å². The Morgan fingerprint density at radius 2 is 1.84 bits per heavy atom. The molecule has 3 rings (SSSR count). The number of hydrogen-bond acceptors (Lipinski definition) is 4. The molecule has 0 N–H and O–H groups in total. The molecule has 0 spiro atoms. The lowest BCUT2D eigenvalue weighted by Crippen LogP contribution is -2.15. The molecular formula is C15H14O3S. The van der Waals surface area contributed by atoms with Gasteiger partial charge < -0.3 is 9.47 Å². The lowest BCUT2D eigenvalue weighted by atomic mass is 10.1. The van der Waals surface area contributed by atoms with Gasteiger partial charge in [0.05, 0.1) is 4.88 Å². The first-order valence-corrected chi connectivity index (χ1v) is 6.98. The lowest BCUT2D eigenvalue weighted by molar-refractivity contribution is 0.104. The molecular weight excluding hydrogens is 260 g/mol. The van der Waals surface area contributed by atoms with E-state index in [1.54, 1.807) is 18.2 Å². The third-order valence-electron chi connectivity index (χ3n) is 3.05. The number of hydrogen-bond donors (Lipinski definition) is 0. The third kappa shape index (κ3) is 2.24. The highest BCUT2D eigenvalue weighted by Gasteiger charge is 2.18. The number of benzene rings is 1. The second kappa shape index (κ2) is 4.70. The van der Waals surface area contributed by atoms with Crippen molar-refractivity contribution in [2.75, 3.05) is 13.2 Å². The molecule has 0 atom stereocenters. The molecule has 1 aliphatic rings. The van der Waals surface area contributed by atoms with Crippen LogP contribution in [0.4, 0.5) is 0 Å². The van der Waals surface area contributed by atoms with Gasteiger partial charge >= 0.3 is 0 Å². The first-order chi connectivity index (χ1) is 9.15. The number of rotatable bonds is 2. The second-order valence-corrected chi connectivity index (χ2v) is 5.81. The summed E-state index contributed by atoms with van der Waals surface area (Å²) in [6, 6.07) is 7.41. The Morgan fingerprint density at radius 3 is 2.53 bits per heavy atom. The number of thiophene rings is 1. The average molecular weight is 274 g/mol. The SMILES string of the molecule is Cc1cc(C)c(C(=O)c2ccc3c(c2)OCCO3)s1. The van der Waals surface area contributed by atoms with Crippen molar-refractivity contribution in [3.63, 3.8) is 0 Å². The van der Waals surface area contributed by atoms with Crippen molar-refractivity contribution in [1.82, 2.24) is 0 Å². The first-order valence-electron chi connectivity index (χ1n) is 6.16. The summed E-state index contributed by atoms with van der Waals surface area (Å²) in [5.74, 6) is 1.41. The van der Waals surface area contributed by atoms with Gasteiger partial charge in [0.1, 0.15) is 13.2 Å². The molecule has 1 aromatic carbocycles. The quantitative estimate of drug-likeness (QED) is 0.788. The number of aryl methyl sites for hydroxylation is 2. The fraction of sp³-hybridized carbons (Fsp3) is 0.267. The van der Waals surface area contributed by atoms with Crippen LogP contribution in [0.25, 0.3) is 0 Å². The molecule has 0 radical (unpaired) electrons. The number of carbonyl (C=O) groups is 1. The Balaban J connectivity index is 1.98. The highest BCUT2D eigenvalue weighted by atomic mass is 32.1. The van der Waals surface area contributed by atoms with Crippen LogP contribution in [-0.2, 0) is 0 Å². The maximum atomic E-state index is 12.5. The van der Waals surface area contributed by atoms with E-state index in [4.69, 9.17) is 9.47 Å². The lowest BCUT2D eigenvalue weighted by Gasteiger charge is -2.18. The van der Waals surface area contributed by atoms with E-state index in [0.29, 0.717) is 30.3 Å². The zero-order valence-electron chi connectivity index (χ0n) is 10.9. The summed E-state index contributed by atoms with van der Waals surface area (Å²) in [7, 11) is 0. The van der Waals surface area contributed by atoms with Gasteiger partial charge in [-0.1, -0.05) is 0 Å².